The highest BCUT2D eigenvalue weighted by Gasteiger charge is 2.34. The summed E-state index contributed by atoms with van der Waals surface area (Å²) in [5, 5.41) is 12.8. The van der Waals surface area contributed by atoms with Gasteiger partial charge in [0.05, 0.1) is 0 Å². The van der Waals surface area contributed by atoms with E-state index in [0.717, 1.165) is 21.8 Å². The average Bonchev–Trinajstić information content (AvgIpc) is 3.28. The maximum atomic E-state index is 12.6. The first-order valence-electron chi connectivity index (χ1n) is 9.18. The summed E-state index contributed by atoms with van der Waals surface area (Å²) in [6.45, 7) is 4.60. The molecular formula is C21H19ClN4O2S. The van der Waals surface area contributed by atoms with Crippen molar-refractivity contribution in [3.05, 3.63) is 69.2 Å². The zero-order chi connectivity index (χ0) is 20.5. The first-order valence-corrected chi connectivity index (χ1v) is 10.4. The average molecular weight is 427 g/mol. The van der Waals surface area contributed by atoms with Crippen LogP contribution in [0.5, 0.6) is 0 Å². The van der Waals surface area contributed by atoms with Gasteiger partial charge < -0.3 is 4.90 Å². The Hall–Kier alpha value is -2.77. The fourth-order valence-corrected chi connectivity index (χ4v) is 4.41. The van der Waals surface area contributed by atoms with Gasteiger partial charge in [-0.15, -0.1) is 10.2 Å². The second kappa shape index (κ2) is 7.93. The van der Waals surface area contributed by atoms with E-state index in [1.54, 1.807) is 29.2 Å². The SMILES string of the molecule is Cc1cc(C)cc(N2C[C@@H](c3nnc(NC(=O)c4ccc(Cl)cc4)s3)CC2=O)c1. The van der Waals surface area contributed by atoms with Crippen LogP contribution in [0.15, 0.2) is 42.5 Å². The number of aryl methyl sites for hydroxylation is 2. The van der Waals surface area contributed by atoms with Gasteiger partial charge in [-0.05, 0) is 61.4 Å². The molecule has 1 aliphatic rings. The van der Waals surface area contributed by atoms with Crippen LogP contribution in [0, 0.1) is 13.8 Å². The van der Waals surface area contributed by atoms with Gasteiger partial charge in [-0.2, -0.15) is 0 Å². The van der Waals surface area contributed by atoms with Crippen molar-refractivity contribution < 1.29 is 9.59 Å². The van der Waals surface area contributed by atoms with Gasteiger partial charge in [0.25, 0.3) is 5.91 Å². The number of carbonyl (C=O) groups excluding carboxylic acids is 2. The molecule has 4 rings (SSSR count). The van der Waals surface area contributed by atoms with Gasteiger partial charge in [0.15, 0.2) is 0 Å². The Kier molecular flexibility index (Phi) is 5.34. The van der Waals surface area contributed by atoms with Gasteiger partial charge in [0.2, 0.25) is 11.0 Å². The molecule has 1 aliphatic heterocycles. The first-order chi connectivity index (χ1) is 13.9. The van der Waals surface area contributed by atoms with Crippen LogP contribution in [0.3, 0.4) is 0 Å². The van der Waals surface area contributed by atoms with E-state index in [0.29, 0.717) is 28.7 Å². The van der Waals surface area contributed by atoms with Gasteiger partial charge in [-0.1, -0.05) is 29.0 Å². The number of rotatable bonds is 4. The highest BCUT2D eigenvalue weighted by molar-refractivity contribution is 7.15. The Morgan fingerprint density at radius 2 is 1.83 bits per heavy atom. The van der Waals surface area contributed by atoms with E-state index in [1.807, 2.05) is 26.0 Å². The van der Waals surface area contributed by atoms with Crippen LogP contribution in [0.25, 0.3) is 0 Å². The number of hydrogen-bond donors (Lipinski definition) is 1. The van der Waals surface area contributed by atoms with Crippen molar-refractivity contribution in [2.45, 2.75) is 26.2 Å². The van der Waals surface area contributed by atoms with Crippen LogP contribution in [0.4, 0.5) is 10.8 Å². The number of nitrogens with one attached hydrogen (secondary N) is 1. The number of halogens is 1. The van der Waals surface area contributed by atoms with Crippen LogP contribution in [0.1, 0.15) is 38.8 Å². The van der Waals surface area contributed by atoms with Crippen LogP contribution < -0.4 is 10.2 Å². The molecule has 2 aromatic carbocycles. The molecule has 0 bridgehead atoms. The predicted octanol–water partition coefficient (Wildman–Crippen LogP) is 4.58. The zero-order valence-electron chi connectivity index (χ0n) is 16.0. The van der Waals surface area contributed by atoms with Crippen molar-refractivity contribution in [2.75, 3.05) is 16.8 Å². The van der Waals surface area contributed by atoms with E-state index in [9.17, 15) is 9.59 Å². The summed E-state index contributed by atoms with van der Waals surface area (Å²) in [5.41, 5.74) is 3.65. The van der Waals surface area contributed by atoms with Crippen molar-refractivity contribution in [3.63, 3.8) is 0 Å². The summed E-state index contributed by atoms with van der Waals surface area (Å²) in [6, 6.07) is 12.7. The molecule has 3 aromatic rings. The van der Waals surface area contributed by atoms with Crippen molar-refractivity contribution in [2.24, 2.45) is 0 Å². The van der Waals surface area contributed by atoms with Crippen molar-refractivity contribution >= 4 is 45.6 Å². The minimum atomic E-state index is -0.274. The maximum Gasteiger partial charge on any atom is 0.257 e. The Morgan fingerprint density at radius 3 is 2.52 bits per heavy atom. The van der Waals surface area contributed by atoms with Crippen LogP contribution in [-0.2, 0) is 4.79 Å². The fraction of sp³-hybridized carbons (Fsp3) is 0.238. The number of carbonyl (C=O) groups is 2. The summed E-state index contributed by atoms with van der Waals surface area (Å²) in [7, 11) is 0. The van der Waals surface area contributed by atoms with E-state index in [-0.39, 0.29) is 17.7 Å². The molecule has 0 aliphatic carbocycles. The fourth-order valence-electron chi connectivity index (χ4n) is 3.45. The lowest BCUT2D eigenvalue weighted by Gasteiger charge is -2.17. The summed E-state index contributed by atoms with van der Waals surface area (Å²) >= 11 is 7.16. The van der Waals surface area contributed by atoms with Gasteiger partial charge in [-0.25, -0.2) is 0 Å². The van der Waals surface area contributed by atoms with Gasteiger partial charge in [0.1, 0.15) is 5.01 Å². The summed E-state index contributed by atoms with van der Waals surface area (Å²) in [4.78, 5) is 26.7. The predicted molar refractivity (Wildman–Crippen MR) is 115 cm³/mol. The molecule has 1 atom stereocenters. The van der Waals surface area contributed by atoms with Crippen molar-refractivity contribution in [3.8, 4) is 0 Å². The van der Waals surface area contributed by atoms with E-state index in [1.165, 1.54) is 11.3 Å². The Labute approximate surface area is 177 Å². The molecule has 1 fully saturated rings. The standard InChI is InChI=1S/C21H19ClN4O2S/c1-12-7-13(2)9-17(8-12)26-11-15(10-18(26)27)20-24-25-21(29-20)23-19(28)14-3-5-16(22)6-4-14/h3-9,15H,10-11H2,1-2H3,(H,23,25,28)/t15-/m0/s1. The number of aromatic nitrogens is 2. The molecule has 2 heterocycles. The Balaban J connectivity index is 1.46. The largest absolute Gasteiger partial charge is 0.312 e. The Bertz CT molecular complexity index is 1060. The van der Waals surface area contributed by atoms with E-state index in [2.05, 4.69) is 21.6 Å². The molecule has 0 spiro atoms. The molecular weight excluding hydrogens is 408 g/mol. The smallest absolute Gasteiger partial charge is 0.257 e. The lowest BCUT2D eigenvalue weighted by molar-refractivity contribution is -0.117. The topological polar surface area (TPSA) is 75.2 Å². The third kappa shape index (κ3) is 4.31. The second-order valence-electron chi connectivity index (χ2n) is 7.16. The normalized spacial score (nSPS) is 16.3. The molecule has 1 N–H and O–H groups in total. The summed E-state index contributed by atoms with van der Waals surface area (Å²) in [5.74, 6) is -0.243. The first kappa shape index (κ1) is 19.5. The lowest BCUT2D eigenvalue weighted by Crippen LogP contribution is -2.24. The highest BCUT2D eigenvalue weighted by atomic mass is 35.5. The van der Waals surface area contributed by atoms with Gasteiger partial charge in [0, 0.05) is 35.2 Å². The Morgan fingerprint density at radius 1 is 1.14 bits per heavy atom. The number of amides is 2. The zero-order valence-corrected chi connectivity index (χ0v) is 17.5. The van der Waals surface area contributed by atoms with E-state index < -0.39 is 0 Å². The number of anilines is 2. The second-order valence-corrected chi connectivity index (χ2v) is 8.60. The van der Waals surface area contributed by atoms with E-state index in [4.69, 9.17) is 11.6 Å². The molecule has 0 unspecified atom stereocenters. The van der Waals surface area contributed by atoms with Gasteiger partial charge >= 0.3 is 0 Å². The molecule has 29 heavy (non-hydrogen) atoms. The van der Waals surface area contributed by atoms with Crippen LogP contribution in [0.2, 0.25) is 5.02 Å². The molecule has 0 radical (unpaired) electrons. The van der Waals surface area contributed by atoms with Crippen molar-refractivity contribution in [1.82, 2.24) is 10.2 Å². The lowest BCUT2D eigenvalue weighted by atomic mass is 10.1. The minimum Gasteiger partial charge on any atom is -0.312 e. The monoisotopic (exact) mass is 426 g/mol. The van der Waals surface area contributed by atoms with E-state index >= 15 is 0 Å². The molecule has 0 saturated carbocycles. The molecule has 2 amide bonds. The third-order valence-corrected chi connectivity index (χ3v) is 6.01. The third-order valence-electron chi connectivity index (χ3n) is 4.76. The molecule has 148 valence electrons. The highest BCUT2D eigenvalue weighted by Crippen LogP contribution is 2.35. The molecule has 8 heteroatoms. The number of nitrogens with zero attached hydrogens (tertiary/aromatic N) is 3. The molecule has 1 saturated heterocycles. The van der Waals surface area contributed by atoms with Gasteiger partial charge in [-0.3, -0.25) is 14.9 Å². The molecule has 6 nitrogen and oxygen atoms in total. The maximum absolute atomic E-state index is 12.6. The number of hydrogen-bond acceptors (Lipinski definition) is 5. The molecule has 1 aromatic heterocycles. The van der Waals surface area contributed by atoms with Crippen LogP contribution in [-0.4, -0.2) is 28.6 Å². The quantitative estimate of drug-likeness (QED) is 0.662. The summed E-state index contributed by atoms with van der Waals surface area (Å²) in [6.07, 6.45) is 0.382. The summed E-state index contributed by atoms with van der Waals surface area (Å²) < 4.78 is 0. The number of benzene rings is 2. The van der Waals surface area contributed by atoms with Crippen molar-refractivity contribution in [1.29, 1.82) is 0 Å². The minimum absolute atomic E-state index is 0.0398. The van der Waals surface area contributed by atoms with Crippen LogP contribution >= 0.6 is 22.9 Å².